The monoisotopic (exact) mass is 251 g/mol. The van der Waals surface area contributed by atoms with E-state index >= 15 is 0 Å². The Balaban J connectivity index is 2.37. The Bertz CT molecular complexity index is 661. The lowest BCUT2D eigenvalue weighted by atomic mass is 10.2. The molecule has 0 atom stereocenters. The first-order chi connectivity index (χ1) is 7.77. The standard InChI is InChI=1S/C10H6ClN3OS/c11-6-1-2-16-8(6)5-3-12-9-7(5)10(15)14-4-13-9/h1-4H,(H2,12,13,14,15). The largest absolute Gasteiger partial charge is 0.493 e. The molecule has 16 heavy (non-hydrogen) atoms. The number of H-pyrrole nitrogens is 1. The van der Waals surface area contributed by atoms with E-state index in [4.69, 9.17) is 11.6 Å². The third kappa shape index (κ3) is 1.29. The van der Waals surface area contributed by atoms with Gasteiger partial charge in [0.25, 0.3) is 0 Å². The van der Waals surface area contributed by atoms with E-state index in [2.05, 4.69) is 15.0 Å². The van der Waals surface area contributed by atoms with Gasteiger partial charge in [-0.05, 0) is 11.4 Å². The van der Waals surface area contributed by atoms with E-state index in [1.54, 1.807) is 6.20 Å². The molecule has 0 spiro atoms. The number of halogens is 1. The van der Waals surface area contributed by atoms with Crippen LogP contribution in [-0.4, -0.2) is 20.1 Å². The maximum Gasteiger partial charge on any atom is 0.224 e. The zero-order chi connectivity index (χ0) is 11.1. The van der Waals surface area contributed by atoms with Crippen LogP contribution in [0.3, 0.4) is 0 Å². The fourth-order valence-corrected chi connectivity index (χ4v) is 2.79. The van der Waals surface area contributed by atoms with Gasteiger partial charge in [0.15, 0.2) is 0 Å². The van der Waals surface area contributed by atoms with Crippen molar-refractivity contribution >= 4 is 34.0 Å². The van der Waals surface area contributed by atoms with Gasteiger partial charge in [-0.25, -0.2) is 9.97 Å². The Morgan fingerprint density at radius 2 is 2.25 bits per heavy atom. The van der Waals surface area contributed by atoms with E-state index in [-0.39, 0.29) is 5.88 Å². The van der Waals surface area contributed by atoms with Crippen LogP contribution < -0.4 is 0 Å². The summed E-state index contributed by atoms with van der Waals surface area (Å²) in [5, 5.41) is 12.9. The van der Waals surface area contributed by atoms with Gasteiger partial charge in [-0.1, -0.05) is 11.6 Å². The van der Waals surface area contributed by atoms with E-state index in [0.717, 1.165) is 10.4 Å². The average Bonchev–Trinajstić information content (AvgIpc) is 2.84. The van der Waals surface area contributed by atoms with Crippen LogP contribution in [0.15, 0.2) is 24.0 Å². The van der Waals surface area contributed by atoms with Gasteiger partial charge in [-0.15, -0.1) is 11.3 Å². The van der Waals surface area contributed by atoms with Crippen molar-refractivity contribution in [1.82, 2.24) is 15.0 Å². The van der Waals surface area contributed by atoms with Gasteiger partial charge >= 0.3 is 0 Å². The van der Waals surface area contributed by atoms with Gasteiger partial charge in [0.05, 0.1) is 15.3 Å². The molecule has 0 bridgehead atoms. The summed E-state index contributed by atoms with van der Waals surface area (Å²) in [5.41, 5.74) is 1.43. The number of aromatic hydroxyl groups is 1. The van der Waals surface area contributed by atoms with Gasteiger partial charge in [0.1, 0.15) is 12.0 Å². The minimum Gasteiger partial charge on any atom is -0.493 e. The van der Waals surface area contributed by atoms with Crippen LogP contribution in [-0.2, 0) is 0 Å². The van der Waals surface area contributed by atoms with Gasteiger partial charge in [0.2, 0.25) is 5.88 Å². The highest BCUT2D eigenvalue weighted by molar-refractivity contribution is 7.14. The average molecular weight is 252 g/mol. The minimum atomic E-state index is -0.0364. The van der Waals surface area contributed by atoms with Crippen LogP contribution in [0.25, 0.3) is 21.5 Å². The number of fused-ring (bicyclic) bond motifs is 1. The Kier molecular flexibility index (Phi) is 2.08. The lowest BCUT2D eigenvalue weighted by Crippen LogP contribution is -1.80. The predicted molar refractivity (Wildman–Crippen MR) is 63.9 cm³/mol. The first-order valence-electron chi connectivity index (χ1n) is 4.52. The number of nitrogens with one attached hydrogen (secondary N) is 1. The zero-order valence-electron chi connectivity index (χ0n) is 7.94. The van der Waals surface area contributed by atoms with Crippen molar-refractivity contribution in [3.05, 3.63) is 29.0 Å². The zero-order valence-corrected chi connectivity index (χ0v) is 9.51. The topological polar surface area (TPSA) is 61.8 Å². The third-order valence-corrected chi connectivity index (χ3v) is 3.69. The van der Waals surface area contributed by atoms with Gasteiger partial charge in [-0.3, -0.25) is 0 Å². The van der Waals surface area contributed by atoms with Crippen LogP contribution in [0, 0.1) is 0 Å². The highest BCUT2D eigenvalue weighted by Crippen LogP contribution is 2.39. The van der Waals surface area contributed by atoms with Crippen molar-refractivity contribution in [2.45, 2.75) is 0 Å². The lowest BCUT2D eigenvalue weighted by molar-refractivity contribution is 0.459. The molecular formula is C10H6ClN3OS. The summed E-state index contributed by atoms with van der Waals surface area (Å²) in [5.74, 6) is -0.0364. The Morgan fingerprint density at radius 3 is 3.00 bits per heavy atom. The second-order valence-electron chi connectivity index (χ2n) is 3.22. The lowest BCUT2D eigenvalue weighted by Gasteiger charge is -1.97. The van der Waals surface area contributed by atoms with E-state index in [0.29, 0.717) is 16.1 Å². The SMILES string of the molecule is Oc1ncnc2[nH]cc(-c3sccc3Cl)c12. The first-order valence-corrected chi connectivity index (χ1v) is 5.77. The summed E-state index contributed by atoms with van der Waals surface area (Å²) in [4.78, 5) is 11.7. The van der Waals surface area contributed by atoms with Gasteiger partial charge < -0.3 is 10.1 Å². The predicted octanol–water partition coefficient (Wildman–Crippen LogP) is 3.05. The second kappa shape index (κ2) is 3.47. The molecule has 3 heterocycles. The molecule has 3 rings (SSSR count). The summed E-state index contributed by atoms with van der Waals surface area (Å²) in [6.45, 7) is 0. The number of nitrogens with zero attached hydrogens (tertiary/aromatic N) is 2. The van der Waals surface area contributed by atoms with Gasteiger partial charge in [-0.2, -0.15) is 0 Å². The maximum absolute atomic E-state index is 9.72. The molecule has 0 aliphatic carbocycles. The fourth-order valence-electron chi connectivity index (χ4n) is 1.61. The number of hydrogen-bond donors (Lipinski definition) is 2. The summed E-state index contributed by atoms with van der Waals surface area (Å²) < 4.78 is 0. The molecule has 6 heteroatoms. The van der Waals surface area contributed by atoms with Crippen LogP contribution in [0.1, 0.15) is 0 Å². The minimum absolute atomic E-state index is 0.0364. The quantitative estimate of drug-likeness (QED) is 0.699. The van der Waals surface area contributed by atoms with Crippen LogP contribution >= 0.6 is 22.9 Å². The van der Waals surface area contributed by atoms with Crippen LogP contribution in [0.4, 0.5) is 0 Å². The molecule has 0 aliphatic heterocycles. The second-order valence-corrected chi connectivity index (χ2v) is 4.54. The molecular weight excluding hydrogens is 246 g/mol. The van der Waals surface area contributed by atoms with Crippen molar-refractivity contribution in [3.8, 4) is 16.3 Å². The Hall–Kier alpha value is -1.59. The number of aromatic nitrogens is 3. The molecule has 3 aromatic rings. The fraction of sp³-hybridized carbons (Fsp3) is 0. The summed E-state index contributed by atoms with van der Waals surface area (Å²) in [7, 11) is 0. The smallest absolute Gasteiger partial charge is 0.224 e. The molecule has 0 radical (unpaired) electrons. The first kappa shape index (κ1) is 9.62. The van der Waals surface area contributed by atoms with E-state index in [9.17, 15) is 5.11 Å². The molecule has 3 aromatic heterocycles. The van der Waals surface area contributed by atoms with Crippen molar-refractivity contribution in [2.24, 2.45) is 0 Å². The Morgan fingerprint density at radius 1 is 1.38 bits per heavy atom. The number of hydrogen-bond acceptors (Lipinski definition) is 4. The van der Waals surface area contributed by atoms with E-state index in [1.807, 2.05) is 11.4 Å². The molecule has 0 saturated heterocycles. The molecule has 0 aromatic carbocycles. The maximum atomic E-state index is 9.72. The number of rotatable bonds is 1. The molecule has 2 N–H and O–H groups in total. The van der Waals surface area contributed by atoms with Crippen LogP contribution in [0.2, 0.25) is 5.02 Å². The van der Waals surface area contributed by atoms with Crippen molar-refractivity contribution in [3.63, 3.8) is 0 Å². The van der Waals surface area contributed by atoms with E-state index in [1.165, 1.54) is 17.7 Å². The normalized spacial score (nSPS) is 11.1. The third-order valence-electron chi connectivity index (χ3n) is 2.31. The number of thiophene rings is 1. The Labute approximate surface area is 99.6 Å². The molecule has 0 aliphatic rings. The van der Waals surface area contributed by atoms with Crippen molar-refractivity contribution in [2.75, 3.05) is 0 Å². The molecule has 80 valence electrons. The summed E-state index contributed by atoms with van der Waals surface area (Å²) >= 11 is 7.57. The molecule has 0 unspecified atom stereocenters. The number of aromatic amines is 1. The van der Waals surface area contributed by atoms with Crippen molar-refractivity contribution < 1.29 is 5.11 Å². The molecule has 0 fully saturated rings. The highest BCUT2D eigenvalue weighted by atomic mass is 35.5. The molecule has 0 amide bonds. The summed E-state index contributed by atoms with van der Waals surface area (Å²) in [6.07, 6.45) is 3.09. The summed E-state index contributed by atoms with van der Waals surface area (Å²) in [6, 6.07) is 1.82. The van der Waals surface area contributed by atoms with E-state index < -0.39 is 0 Å². The molecule has 0 saturated carbocycles. The highest BCUT2D eigenvalue weighted by Gasteiger charge is 2.14. The molecule has 4 nitrogen and oxygen atoms in total. The van der Waals surface area contributed by atoms with Gasteiger partial charge in [0, 0.05) is 11.8 Å². The van der Waals surface area contributed by atoms with Crippen molar-refractivity contribution in [1.29, 1.82) is 0 Å². The van der Waals surface area contributed by atoms with Crippen LogP contribution in [0.5, 0.6) is 5.88 Å².